The SMILES string of the molecule is NC(=O)c1cccnc1NC1CCCCCC1O. The third-order valence-electron chi connectivity index (χ3n) is 3.37. The van der Waals surface area contributed by atoms with Crippen molar-refractivity contribution >= 4 is 11.7 Å². The van der Waals surface area contributed by atoms with Crippen LogP contribution in [-0.2, 0) is 0 Å². The van der Waals surface area contributed by atoms with Gasteiger partial charge in [-0.15, -0.1) is 0 Å². The van der Waals surface area contributed by atoms with Crippen molar-refractivity contribution in [2.24, 2.45) is 5.73 Å². The molecular weight excluding hydrogens is 230 g/mol. The van der Waals surface area contributed by atoms with E-state index < -0.39 is 12.0 Å². The third kappa shape index (κ3) is 2.98. The standard InChI is InChI=1S/C13H19N3O2/c14-12(18)9-5-4-8-15-13(9)16-10-6-2-1-3-7-11(10)17/h4-5,8,10-11,17H,1-3,6-7H2,(H2,14,18)(H,15,16). The summed E-state index contributed by atoms with van der Waals surface area (Å²) in [6.45, 7) is 0. The lowest BCUT2D eigenvalue weighted by molar-refractivity contribution is 0.1000. The van der Waals surface area contributed by atoms with E-state index in [2.05, 4.69) is 10.3 Å². The van der Waals surface area contributed by atoms with E-state index in [-0.39, 0.29) is 6.04 Å². The molecule has 1 aromatic rings. The number of nitrogens with zero attached hydrogens (tertiary/aromatic N) is 1. The molecule has 1 amide bonds. The minimum Gasteiger partial charge on any atom is -0.391 e. The van der Waals surface area contributed by atoms with Crippen LogP contribution in [0.2, 0.25) is 0 Å². The fourth-order valence-corrected chi connectivity index (χ4v) is 2.35. The average Bonchev–Trinajstić information content (AvgIpc) is 2.55. The van der Waals surface area contributed by atoms with Crippen LogP contribution in [0.1, 0.15) is 42.5 Å². The number of hydrogen-bond acceptors (Lipinski definition) is 4. The molecule has 0 spiro atoms. The van der Waals surface area contributed by atoms with Crippen molar-refractivity contribution in [2.75, 3.05) is 5.32 Å². The number of nitrogens with two attached hydrogens (primary N) is 1. The maximum absolute atomic E-state index is 11.3. The van der Waals surface area contributed by atoms with Crippen molar-refractivity contribution < 1.29 is 9.90 Å². The number of aromatic nitrogens is 1. The number of carbonyl (C=O) groups is 1. The molecule has 5 nitrogen and oxygen atoms in total. The number of hydrogen-bond donors (Lipinski definition) is 3. The zero-order chi connectivity index (χ0) is 13.0. The van der Waals surface area contributed by atoms with Crippen LogP contribution in [-0.4, -0.2) is 28.1 Å². The van der Waals surface area contributed by atoms with Gasteiger partial charge in [0.1, 0.15) is 5.82 Å². The molecule has 0 bridgehead atoms. The maximum Gasteiger partial charge on any atom is 0.252 e. The Bertz CT molecular complexity index is 422. The molecule has 1 aliphatic carbocycles. The number of nitrogens with one attached hydrogen (secondary N) is 1. The number of rotatable bonds is 3. The number of primary amides is 1. The molecule has 1 aromatic heterocycles. The Morgan fingerprint density at radius 1 is 1.39 bits per heavy atom. The number of carbonyl (C=O) groups excluding carboxylic acids is 1. The summed E-state index contributed by atoms with van der Waals surface area (Å²) in [6, 6.07) is 3.26. The molecule has 0 aliphatic heterocycles. The summed E-state index contributed by atoms with van der Waals surface area (Å²) in [7, 11) is 0. The van der Waals surface area contributed by atoms with Crippen LogP contribution in [0.25, 0.3) is 0 Å². The summed E-state index contributed by atoms with van der Waals surface area (Å²) in [6.07, 6.45) is 6.15. The van der Waals surface area contributed by atoms with Crippen LogP contribution in [0, 0.1) is 0 Å². The Kier molecular flexibility index (Phi) is 4.15. The van der Waals surface area contributed by atoms with Crippen molar-refractivity contribution in [3.8, 4) is 0 Å². The Labute approximate surface area is 106 Å². The summed E-state index contributed by atoms with van der Waals surface area (Å²) < 4.78 is 0. The van der Waals surface area contributed by atoms with E-state index in [4.69, 9.17) is 5.73 Å². The molecule has 1 fully saturated rings. The second-order valence-electron chi connectivity index (χ2n) is 4.72. The second kappa shape index (κ2) is 5.82. The highest BCUT2D eigenvalue weighted by Gasteiger charge is 2.23. The van der Waals surface area contributed by atoms with Gasteiger partial charge in [-0.1, -0.05) is 19.3 Å². The van der Waals surface area contributed by atoms with Gasteiger partial charge in [-0.2, -0.15) is 0 Å². The maximum atomic E-state index is 11.3. The molecule has 2 unspecified atom stereocenters. The van der Waals surface area contributed by atoms with Gasteiger partial charge in [0.15, 0.2) is 0 Å². The number of anilines is 1. The van der Waals surface area contributed by atoms with Crippen LogP contribution in [0.4, 0.5) is 5.82 Å². The van der Waals surface area contributed by atoms with Crippen LogP contribution in [0.3, 0.4) is 0 Å². The second-order valence-corrected chi connectivity index (χ2v) is 4.72. The molecule has 0 radical (unpaired) electrons. The van der Waals surface area contributed by atoms with Gasteiger partial charge < -0.3 is 16.2 Å². The van der Waals surface area contributed by atoms with Crippen molar-refractivity contribution in [1.82, 2.24) is 4.98 Å². The predicted octanol–water partition coefficient (Wildman–Crippen LogP) is 1.29. The highest BCUT2D eigenvalue weighted by molar-refractivity contribution is 5.97. The van der Waals surface area contributed by atoms with E-state index in [1.165, 1.54) is 0 Å². The van der Waals surface area contributed by atoms with E-state index in [0.717, 1.165) is 32.1 Å². The van der Waals surface area contributed by atoms with Crippen LogP contribution < -0.4 is 11.1 Å². The van der Waals surface area contributed by atoms with Gasteiger partial charge in [0.05, 0.1) is 17.7 Å². The molecule has 5 heteroatoms. The lowest BCUT2D eigenvalue weighted by Gasteiger charge is -2.23. The molecule has 2 atom stereocenters. The number of aliphatic hydroxyl groups is 1. The zero-order valence-electron chi connectivity index (χ0n) is 10.3. The van der Waals surface area contributed by atoms with Crippen molar-refractivity contribution in [3.05, 3.63) is 23.9 Å². The van der Waals surface area contributed by atoms with E-state index in [0.29, 0.717) is 11.4 Å². The Morgan fingerprint density at radius 3 is 2.94 bits per heavy atom. The van der Waals surface area contributed by atoms with Crippen molar-refractivity contribution in [1.29, 1.82) is 0 Å². The molecular formula is C13H19N3O2. The smallest absolute Gasteiger partial charge is 0.252 e. The van der Waals surface area contributed by atoms with Gasteiger partial charge in [-0.3, -0.25) is 4.79 Å². The normalized spacial score (nSPS) is 24.3. The third-order valence-corrected chi connectivity index (χ3v) is 3.37. The Hall–Kier alpha value is -1.62. The topological polar surface area (TPSA) is 88.2 Å². The molecule has 4 N–H and O–H groups in total. The van der Waals surface area contributed by atoms with Gasteiger partial charge >= 0.3 is 0 Å². The lowest BCUT2D eigenvalue weighted by atomic mass is 10.1. The average molecular weight is 249 g/mol. The van der Waals surface area contributed by atoms with Gasteiger partial charge in [-0.25, -0.2) is 4.98 Å². The summed E-state index contributed by atoms with van der Waals surface area (Å²) in [5, 5.41) is 13.2. The lowest BCUT2D eigenvalue weighted by Crippen LogP contribution is -2.33. The molecule has 0 saturated heterocycles. The summed E-state index contributed by atoms with van der Waals surface area (Å²) in [4.78, 5) is 15.4. The van der Waals surface area contributed by atoms with Gasteiger partial charge in [0, 0.05) is 6.20 Å². The van der Waals surface area contributed by atoms with Crippen molar-refractivity contribution in [2.45, 2.75) is 44.2 Å². The molecule has 18 heavy (non-hydrogen) atoms. The fraction of sp³-hybridized carbons (Fsp3) is 0.538. The number of pyridine rings is 1. The van der Waals surface area contributed by atoms with Crippen molar-refractivity contribution in [3.63, 3.8) is 0 Å². The summed E-state index contributed by atoms with van der Waals surface area (Å²) in [5.41, 5.74) is 5.67. The molecule has 1 heterocycles. The quantitative estimate of drug-likeness (QED) is 0.704. The first kappa shape index (κ1) is 12.8. The fourth-order valence-electron chi connectivity index (χ4n) is 2.35. The Morgan fingerprint density at radius 2 is 2.17 bits per heavy atom. The van der Waals surface area contributed by atoms with E-state index in [1.807, 2.05) is 0 Å². The van der Waals surface area contributed by atoms with Crippen LogP contribution >= 0.6 is 0 Å². The van der Waals surface area contributed by atoms with Gasteiger partial charge in [0.2, 0.25) is 0 Å². The minimum absolute atomic E-state index is 0.0551. The molecule has 98 valence electrons. The summed E-state index contributed by atoms with van der Waals surface area (Å²) >= 11 is 0. The first-order valence-electron chi connectivity index (χ1n) is 6.38. The number of amides is 1. The monoisotopic (exact) mass is 249 g/mol. The van der Waals surface area contributed by atoms with Crippen LogP contribution in [0.5, 0.6) is 0 Å². The molecule has 2 rings (SSSR count). The zero-order valence-corrected chi connectivity index (χ0v) is 10.3. The largest absolute Gasteiger partial charge is 0.391 e. The minimum atomic E-state index is -0.506. The molecule has 1 aliphatic rings. The molecule has 0 aromatic carbocycles. The first-order valence-corrected chi connectivity index (χ1v) is 6.38. The highest BCUT2D eigenvalue weighted by atomic mass is 16.3. The number of aliphatic hydroxyl groups excluding tert-OH is 1. The van der Waals surface area contributed by atoms with Crippen LogP contribution in [0.15, 0.2) is 18.3 Å². The summed E-state index contributed by atoms with van der Waals surface area (Å²) in [5.74, 6) is -0.0374. The van der Waals surface area contributed by atoms with Gasteiger partial charge in [-0.05, 0) is 25.0 Å². The van der Waals surface area contributed by atoms with E-state index in [9.17, 15) is 9.90 Å². The van der Waals surface area contributed by atoms with E-state index >= 15 is 0 Å². The predicted molar refractivity (Wildman–Crippen MR) is 69.3 cm³/mol. The first-order chi connectivity index (χ1) is 8.68. The van der Waals surface area contributed by atoms with Gasteiger partial charge in [0.25, 0.3) is 5.91 Å². The Balaban J connectivity index is 2.14. The van der Waals surface area contributed by atoms with E-state index in [1.54, 1.807) is 18.3 Å². The highest BCUT2D eigenvalue weighted by Crippen LogP contribution is 2.22. The molecule has 1 saturated carbocycles.